The van der Waals surface area contributed by atoms with Crippen LogP contribution in [0.3, 0.4) is 0 Å². The molecule has 2 aromatic carbocycles. The van der Waals surface area contributed by atoms with Crippen LogP contribution in [0.25, 0.3) is 11.1 Å². The van der Waals surface area contributed by atoms with E-state index in [2.05, 4.69) is 40.1 Å². The van der Waals surface area contributed by atoms with Crippen molar-refractivity contribution in [1.82, 2.24) is 9.80 Å². The smallest absolute Gasteiger partial charge is 0.0991 e. The van der Waals surface area contributed by atoms with Crippen molar-refractivity contribution in [3.8, 4) is 17.2 Å². The van der Waals surface area contributed by atoms with E-state index in [4.69, 9.17) is 5.26 Å². The van der Waals surface area contributed by atoms with Crippen LogP contribution in [0.4, 0.5) is 0 Å². The summed E-state index contributed by atoms with van der Waals surface area (Å²) in [6.07, 6.45) is 4.67. The maximum absolute atomic E-state index is 9.33. The monoisotopic (exact) mass is 389 g/mol. The van der Waals surface area contributed by atoms with E-state index in [1.807, 2.05) is 24.3 Å². The molecule has 0 saturated carbocycles. The molecule has 4 nitrogen and oxygen atoms in total. The zero-order valence-electron chi connectivity index (χ0n) is 17.1. The van der Waals surface area contributed by atoms with Gasteiger partial charge in [0.25, 0.3) is 0 Å². The largest absolute Gasteiger partial charge is 0.396 e. The standard InChI is InChI=1S/C25H31N3O/c26-17-21-3-7-24(8-4-21)23-5-1-20(2-6-23)9-13-27-14-12-25(18-27)28-15-10-22(19-29)11-16-28/h1-8,22,25,29H,9-16,18-19H2. The predicted octanol–water partition coefficient (Wildman–Crippen LogP) is 3.55. The molecule has 0 amide bonds. The minimum atomic E-state index is 0.356. The predicted molar refractivity (Wildman–Crippen MR) is 117 cm³/mol. The summed E-state index contributed by atoms with van der Waals surface area (Å²) in [5.74, 6) is 0.524. The number of hydrogen-bond donors (Lipinski definition) is 1. The Hall–Kier alpha value is -2.19. The van der Waals surface area contributed by atoms with Gasteiger partial charge in [-0.15, -0.1) is 0 Å². The molecule has 2 aromatic rings. The topological polar surface area (TPSA) is 50.5 Å². The van der Waals surface area contributed by atoms with Crippen LogP contribution in [-0.2, 0) is 6.42 Å². The first kappa shape index (κ1) is 20.1. The summed E-state index contributed by atoms with van der Waals surface area (Å²) < 4.78 is 0. The third-order valence-electron chi connectivity index (χ3n) is 6.69. The first-order valence-electron chi connectivity index (χ1n) is 10.9. The summed E-state index contributed by atoms with van der Waals surface area (Å²) in [4.78, 5) is 5.26. The van der Waals surface area contributed by atoms with Crippen molar-refractivity contribution < 1.29 is 5.11 Å². The molecule has 29 heavy (non-hydrogen) atoms. The summed E-state index contributed by atoms with van der Waals surface area (Å²) in [6.45, 7) is 6.18. The lowest BCUT2D eigenvalue weighted by Crippen LogP contribution is -2.43. The number of aliphatic hydroxyl groups excluding tert-OH is 1. The number of nitriles is 1. The van der Waals surface area contributed by atoms with Gasteiger partial charge in [0, 0.05) is 25.7 Å². The number of likely N-dealkylation sites (tertiary alicyclic amines) is 2. The number of benzene rings is 2. The number of rotatable bonds is 6. The van der Waals surface area contributed by atoms with Crippen molar-refractivity contribution in [2.24, 2.45) is 5.92 Å². The molecule has 2 aliphatic heterocycles. The highest BCUT2D eigenvalue weighted by atomic mass is 16.3. The first-order valence-corrected chi connectivity index (χ1v) is 10.9. The summed E-state index contributed by atoms with van der Waals surface area (Å²) in [5, 5.41) is 18.3. The second-order valence-corrected chi connectivity index (χ2v) is 8.54. The van der Waals surface area contributed by atoms with E-state index in [9.17, 15) is 5.11 Å². The molecule has 0 spiro atoms. The lowest BCUT2D eigenvalue weighted by molar-refractivity contribution is 0.102. The zero-order chi connectivity index (χ0) is 20.1. The Kier molecular flexibility index (Phi) is 6.61. The van der Waals surface area contributed by atoms with E-state index >= 15 is 0 Å². The van der Waals surface area contributed by atoms with Crippen molar-refractivity contribution in [3.63, 3.8) is 0 Å². The number of nitrogens with zero attached hydrogens (tertiary/aromatic N) is 3. The van der Waals surface area contributed by atoms with E-state index < -0.39 is 0 Å². The quantitative estimate of drug-likeness (QED) is 0.821. The molecule has 4 rings (SSSR count). The van der Waals surface area contributed by atoms with Gasteiger partial charge >= 0.3 is 0 Å². The SMILES string of the molecule is N#Cc1ccc(-c2ccc(CCN3CCC(N4CCC(CO)CC4)C3)cc2)cc1. The van der Waals surface area contributed by atoms with Crippen LogP contribution in [0, 0.1) is 17.2 Å². The second-order valence-electron chi connectivity index (χ2n) is 8.54. The lowest BCUT2D eigenvalue weighted by Gasteiger charge is -2.35. The van der Waals surface area contributed by atoms with Crippen LogP contribution in [0.2, 0.25) is 0 Å². The normalized spacial score (nSPS) is 21.3. The van der Waals surface area contributed by atoms with Crippen molar-refractivity contribution in [3.05, 3.63) is 59.7 Å². The van der Waals surface area contributed by atoms with Gasteiger partial charge in [-0.25, -0.2) is 0 Å². The van der Waals surface area contributed by atoms with Crippen molar-refractivity contribution in [1.29, 1.82) is 5.26 Å². The molecule has 0 bridgehead atoms. The van der Waals surface area contributed by atoms with Gasteiger partial charge in [-0.1, -0.05) is 36.4 Å². The summed E-state index contributed by atoms with van der Waals surface area (Å²) in [6, 6.07) is 19.5. The molecule has 2 fully saturated rings. The van der Waals surface area contributed by atoms with Crippen LogP contribution in [0.1, 0.15) is 30.4 Å². The third kappa shape index (κ3) is 5.05. The van der Waals surface area contributed by atoms with Crippen molar-refractivity contribution in [2.75, 3.05) is 39.3 Å². The fourth-order valence-electron chi connectivity index (χ4n) is 4.70. The molecule has 4 heteroatoms. The Bertz CT molecular complexity index is 817. The van der Waals surface area contributed by atoms with Gasteiger partial charge in [0.15, 0.2) is 0 Å². The van der Waals surface area contributed by atoms with Gasteiger partial charge in [0.1, 0.15) is 0 Å². The van der Waals surface area contributed by atoms with Crippen molar-refractivity contribution >= 4 is 0 Å². The summed E-state index contributed by atoms with van der Waals surface area (Å²) in [7, 11) is 0. The van der Waals surface area contributed by atoms with Gasteiger partial charge in [0.2, 0.25) is 0 Å². The first-order chi connectivity index (χ1) is 14.2. The Morgan fingerprint density at radius 2 is 1.55 bits per heavy atom. The van der Waals surface area contributed by atoms with Crippen LogP contribution >= 0.6 is 0 Å². The van der Waals surface area contributed by atoms with Gasteiger partial charge in [-0.05, 0) is 80.1 Å². The average Bonchev–Trinajstić information content (AvgIpc) is 3.27. The molecule has 2 aliphatic rings. The van der Waals surface area contributed by atoms with E-state index in [-0.39, 0.29) is 0 Å². The Labute approximate surface area is 174 Å². The van der Waals surface area contributed by atoms with Crippen LogP contribution in [0.5, 0.6) is 0 Å². The van der Waals surface area contributed by atoms with Crippen LogP contribution in [0.15, 0.2) is 48.5 Å². The highest BCUT2D eigenvalue weighted by molar-refractivity contribution is 5.64. The third-order valence-corrected chi connectivity index (χ3v) is 6.69. The molecule has 2 heterocycles. The second kappa shape index (κ2) is 9.54. The highest BCUT2D eigenvalue weighted by Gasteiger charge is 2.30. The minimum absolute atomic E-state index is 0.356. The Morgan fingerprint density at radius 3 is 2.17 bits per heavy atom. The van der Waals surface area contributed by atoms with E-state index in [1.54, 1.807) is 0 Å². The summed E-state index contributed by atoms with van der Waals surface area (Å²) >= 11 is 0. The number of aliphatic hydroxyl groups is 1. The van der Waals surface area contributed by atoms with E-state index in [0.717, 1.165) is 44.5 Å². The van der Waals surface area contributed by atoms with Crippen LogP contribution < -0.4 is 0 Å². The maximum Gasteiger partial charge on any atom is 0.0991 e. The molecule has 152 valence electrons. The lowest BCUT2D eigenvalue weighted by atomic mass is 9.96. The van der Waals surface area contributed by atoms with Gasteiger partial charge < -0.3 is 10.0 Å². The van der Waals surface area contributed by atoms with Crippen molar-refractivity contribution in [2.45, 2.75) is 31.7 Å². The van der Waals surface area contributed by atoms with E-state index in [0.29, 0.717) is 24.1 Å². The van der Waals surface area contributed by atoms with Gasteiger partial charge in [-0.3, -0.25) is 4.90 Å². The fraction of sp³-hybridized carbons (Fsp3) is 0.480. The number of hydrogen-bond acceptors (Lipinski definition) is 4. The molecule has 0 radical (unpaired) electrons. The Balaban J connectivity index is 1.25. The minimum Gasteiger partial charge on any atom is -0.396 e. The fourth-order valence-corrected chi connectivity index (χ4v) is 4.70. The molecule has 0 aromatic heterocycles. The average molecular weight is 390 g/mol. The van der Waals surface area contributed by atoms with Crippen LogP contribution in [-0.4, -0.2) is 60.3 Å². The van der Waals surface area contributed by atoms with E-state index in [1.165, 1.54) is 30.6 Å². The Morgan fingerprint density at radius 1 is 0.897 bits per heavy atom. The highest BCUT2D eigenvalue weighted by Crippen LogP contribution is 2.24. The molecule has 1 atom stereocenters. The maximum atomic E-state index is 9.33. The molecular weight excluding hydrogens is 358 g/mol. The zero-order valence-corrected chi connectivity index (χ0v) is 17.1. The molecule has 1 unspecified atom stereocenters. The number of piperidine rings is 1. The molecular formula is C25H31N3O. The summed E-state index contributed by atoms with van der Waals surface area (Å²) in [5.41, 5.74) is 4.44. The van der Waals surface area contributed by atoms with Gasteiger partial charge in [-0.2, -0.15) is 5.26 Å². The molecule has 2 saturated heterocycles. The molecule has 0 aliphatic carbocycles. The van der Waals surface area contributed by atoms with Gasteiger partial charge in [0.05, 0.1) is 11.6 Å². The molecule has 1 N–H and O–H groups in total.